The normalized spacial score (nSPS) is 20.1. The Labute approximate surface area is 475 Å². The number of hydrogen-bond acceptors (Lipinski definition) is 23. The van der Waals surface area contributed by atoms with Gasteiger partial charge in [-0.1, -0.05) is 6.92 Å². The van der Waals surface area contributed by atoms with E-state index in [-0.39, 0.29) is 26.3 Å². The van der Waals surface area contributed by atoms with Crippen LogP contribution < -0.4 is 44.2 Å². The number of ether oxygens (including phenoxy) is 10. The molecule has 18 N–H and O–H groups in total. The molecule has 0 saturated carbocycles. The predicted molar refractivity (Wildman–Crippen MR) is 288 cm³/mol. The van der Waals surface area contributed by atoms with Crippen molar-refractivity contribution in [1.29, 1.82) is 0 Å². The number of nitrogens with zero attached hydrogens (tertiary/aromatic N) is 3. The number of aliphatic hydroxyl groups excluding tert-OH is 4. The van der Waals surface area contributed by atoms with Crippen LogP contribution in [0.25, 0.3) is 0 Å². The van der Waals surface area contributed by atoms with E-state index in [2.05, 4.69) is 36.2 Å². The molecule has 2 aliphatic heterocycles. The number of aliphatic carboxylic acids is 2. The second kappa shape index (κ2) is 41.8. The van der Waals surface area contributed by atoms with Crippen molar-refractivity contribution in [3.63, 3.8) is 0 Å². The van der Waals surface area contributed by atoms with E-state index in [1.807, 2.05) is 6.92 Å². The number of amides is 4. The number of guanidine groups is 2. The third-order valence-electron chi connectivity index (χ3n) is 11.7. The van der Waals surface area contributed by atoms with Crippen molar-refractivity contribution in [3.05, 3.63) is 23.7 Å². The fourth-order valence-corrected chi connectivity index (χ4v) is 7.93. The van der Waals surface area contributed by atoms with Crippen LogP contribution in [0.1, 0.15) is 40.0 Å². The topological polar surface area (TPSA) is 496 Å². The summed E-state index contributed by atoms with van der Waals surface area (Å²) < 4.78 is 56.4. The smallest absolute Gasteiger partial charge is 0.370 e. The van der Waals surface area contributed by atoms with Gasteiger partial charge in [0.25, 0.3) is 0 Å². The van der Waals surface area contributed by atoms with Crippen molar-refractivity contribution < 1.29 is 107 Å². The largest absolute Gasteiger partial charge is 0.478 e. The van der Waals surface area contributed by atoms with Gasteiger partial charge in [0.15, 0.2) is 24.1 Å². The van der Waals surface area contributed by atoms with E-state index in [1.54, 1.807) is 0 Å². The molecular weight excluding hydrogens is 1090 g/mol. The van der Waals surface area contributed by atoms with Crippen molar-refractivity contribution in [2.75, 3.05) is 138 Å². The predicted octanol–water partition coefficient (Wildman–Crippen LogP) is -6.68. The SMILES string of the molecule is CCCOCCOCCOCCOCCN(CCOCCCNC(=O)CO[C@@H]([C@@H]1OC(C(=O)O)=C[C@H](N=C(N)N)[C@H]1NC(C)=O)[C@H](O)CO)CCOCCCNC(=O)CO[C@@H]([C@@H]1OC(C(=O)O)=C[C@H](N=C(N)N)[C@H]1NC(C)=O)[C@H](O)CO. The molecule has 82 heavy (non-hydrogen) atoms. The summed E-state index contributed by atoms with van der Waals surface area (Å²) in [5.41, 5.74) is 22.2. The summed E-state index contributed by atoms with van der Waals surface area (Å²) in [5, 5.41) is 70.8. The maximum atomic E-state index is 12.8. The van der Waals surface area contributed by atoms with Crippen LogP contribution in [-0.4, -0.2) is 282 Å². The van der Waals surface area contributed by atoms with E-state index in [0.29, 0.717) is 98.5 Å². The molecule has 0 fully saturated rings. The lowest BCUT2D eigenvalue weighted by molar-refractivity contribution is -0.158. The number of hydrogen-bond donors (Lipinski definition) is 14. The maximum Gasteiger partial charge on any atom is 0.370 e. The van der Waals surface area contributed by atoms with Crippen LogP contribution in [0.4, 0.5) is 0 Å². The average Bonchev–Trinajstić information content (AvgIpc) is 3.63. The van der Waals surface area contributed by atoms with Crippen LogP contribution >= 0.6 is 0 Å². The minimum atomic E-state index is -1.70. The number of rotatable bonds is 46. The van der Waals surface area contributed by atoms with Crippen molar-refractivity contribution in [3.8, 4) is 0 Å². The van der Waals surface area contributed by atoms with E-state index in [4.69, 9.17) is 70.3 Å². The molecule has 2 aliphatic rings. The second-order valence-electron chi connectivity index (χ2n) is 18.4. The van der Waals surface area contributed by atoms with Crippen molar-refractivity contribution in [1.82, 2.24) is 26.2 Å². The summed E-state index contributed by atoms with van der Waals surface area (Å²) in [7, 11) is 0. The van der Waals surface area contributed by atoms with E-state index in [9.17, 15) is 59.4 Å². The van der Waals surface area contributed by atoms with Crippen molar-refractivity contribution in [2.24, 2.45) is 32.9 Å². The molecule has 2 heterocycles. The fraction of sp³-hybridized carbons (Fsp3) is 0.755. The Morgan fingerprint density at radius 2 is 0.915 bits per heavy atom. The van der Waals surface area contributed by atoms with E-state index in [0.717, 1.165) is 18.6 Å². The Morgan fingerprint density at radius 1 is 0.573 bits per heavy atom. The number of carbonyl (C=O) groups is 6. The molecule has 0 aromatic rings. The monoisotopic (exact) mass is 1180 g/mol. The Morgan fingerprint density at radius 3 is 1.23 bits per heavy atom. The zero-order valence-electron chi connectivity index (χ0n) is 46.8. The number of aliphatic imine (C=N–C) groups is 2. The molecule has 0 unspecified atom stereocenters. The molecule has 470 valence electrons. The summed E-state index contributed by atoms with van der Waals surface area (Å²) in [6, 6.07) is -4.74. The molecule has 10 atom stereocenters. The molecule has 4 amide bonds. The van der Waals surface area contributed by atoms with E-state index in [1.165, 1.54) is 13.8 Å². The molecule has 33 heteroatoms. The first-order valence-electron chi connectivity index (χ1n) is 26.7. The Bertz CT molecular complexity index is 1910. The van der Waals surface area contributed by atoms with Gasteiger partial charge < -0.3 is 122 Å². The molecule has 0 aromatic carbocycles. The molecule has 0 aliphatic carbocycles. The highest BCUT2D eigenvalue weighted by Gasteiger charge is 2.47. The molecule has 0 saturated heterocycles. The van der Waals surface area contributed by atoms with Gasteiger partial charge in [-0.25, -0.2) is 19.6 Å². The number of carboxylic acids is 2. The lowest BCUT2D eigenvalue weighted by atomic mass is 9.92. The molecule has 2 rings (SSSR count). The zero-order valence-corrected chi connectivity index (χ0v) is 46.8. The minimum Gasteiger partial charge on any atom is -0.478 e. The third kappa shape index (κ3) is 29.8. The Balaban J connectivity index is 1.89. The standard InChI is InChI=1S/C49H87N11O22/c1-4-12-73-18-20-77-22-23-78-21-19-76-17-11-60(9-15-74-13-5-7-54-38(67)28-79-42(34(65)26-61)44-40(56-30(2)63)32(58-48(50)51)24-36(81-44)46(69)70)10-16-75-14-6-8-55-39(68)29-80-43(35(66)27-62)45-41(57-31(3)64)33(59-49(52)53)25-37(82-45)47(71)72/h24-25,32-35,40-45,61-62,65-66H,4-23,26-29H2,1-3H3,(H,54,67)(H,55,68)(H,56,63)(H,57,64)(H,69,70)(H,71,72)(H4,50,51,58)(H4,52,53,59)/t32-,33-,34+,35+,40+,41+,42+,43+,44+,45+/m0/s1. The van der Waals surface area contributed by atoms with Gasteiger partial charge in [-0.3, -0.25) is 24.1 Å². The van der Waals surface area contributed by atoms with Crippen LogP contribution in [0.3, 0.4) is 0 Å². The minimum absolute atomic E-state index is 0.154. The van der Waals surface area contributed by atoms with Gasteiger partial charge in [0.05, 0.1) is 96.8 Å². The van der Waals surface area contributed by atoms with Gasteiger partial charge in [-0.2, -0.15) is 0 Å². The van der Waals surface area contributed by atoms with Crippen LogP contribution in [0.15, 0.2) is 33.7 Å². The van der Waals surface area contributed by atoms with Gasteiger partial charge in [-0.15, -0.1) is 0 Å². The lowest BCUT2D eigenvalue weighted by Gasteiger charge is -2.40. The van der Waals surface area contributed by atoms with Gasteiger partial charge in [0, 0.05) is 66.4 Å². The lowest BCUT2D eigenvalue weighted by Crippen LogP contribution is -2.60. The number of carbonyl (C=O) groups excluding carboxylic acids is 4. The number of carboxylic acid groups (broad SMARTS) is 2. The molecular formula is C49H87N11O22. The van der Waals surface area contributed by atoms with E-state index < -0.39 is 146 Å². The highest BCUT2D eigenvalue weighted by molar-refractivity contribution is 5.86. The Hall–Kier alpha value is -6.08. The fourth-order valence-electron chi connectivity index (χ4n) is 7.93. The summed E-state index contributed by atoms with van der Waals surface area (Å²) >= 11 is 0. The van der Waals surface area contributed by atoms with Gasteiger partial charge in [0.1, 0.15) is 37.6 Å². The third-order valence-corrected chi connectivity index (χ3v) is 11.7. The van der Waals surface area contributed by atoms with Crippen molar-refractivity contribution in [2.45, 2.75) is 101 Å². The average molecular weight is 1180 g/mol. The van der Waals surface area contributed by atoms with Crippen LogP contribution in [0, 0.1) is 0 Å². The quantitative estimate of drug-likeness (QED) is 0.0153. The van der Waals surface area contributed by atoms with Crippen LogP contribution in [0.2, 0.25) is 0 Å². The molecule has 0 radical (unpaired) electrons. The molecule has 0 bridgehead atoms. The Kier molecular flexibility index (Phi) is 36.7. The number of nitrogens with one attached hydrogen (secondary N) is 4. The first-order valence-corrected chi connectivity index (χ1v) is 26.7. The van der Waals surface area contributed by atoms with Gasteiger partial charge in [0.2, 0.25) is 35.1 Å². The van der Waals surface area contributed by atoms with Gasteiger partial charge >= 0.3 is 11.9 Å². The summed E-state index contributed by atoms with van der Waals surface area (Å²) in [5.74, 6) is -7.58. The van der Waals surface area contributed by atoms with Crippen molar-refractivity contribution >= 4 is 47.5 Å². The molecule has 33 nitrogen and oxygen atoms in total. The molecule has 0 aromatic heterocycles. The summed E-state index contributed by atoms with van der Waals surface area (Å²) in [4.78, 5) is 83.8. The second-order valence-corrected chi connectivity index (χ2v) is 18.4. The van der Waals surface area contributed by atoms with Gasteiger partial charge in [-0.05, 0) is 31.4 Å². The first kappa shape index (κ1) is 72.0. The maximum absolute atomic E-state index is 12.8. The number of aliphatic hydroxyl groups is 4. The highest BCUT2D eigenvalue weighted by atomic mass is 16.6. The summed E-state index contributed by atoms with van der Waals surface area (Å²) in [6.45, 7) is 7.78. The zero-order chi connectivity index (χ0) is 60.8. The van der Waals surface area contributed by atoms with Crippen LogP contribution in [0.5, 0.6) is 0 Å². The number of nitrogens with two attached hydrogens (primary N) is 4. The highest BCUT2D eigenvalue weighted by Crippen LogP contribution is 2.28. The first-order chi connectivity index (χ1) is 39.2. The van der Waals surface area contributed by atoms with E-state index >= 15 is 0 Å². The van der Waals surface area contributed by atoms with Crippen LogP contribution in [-0.2, 0) is 76.1 Å². The molecule has 0 spiro atoms. The summed E-state index contributed by atoms with van der Waals surface area (Å²) in [6.07, 6.45) is -5.63.